The Morgan fingerprint density at radius 1 is 0.853 bits per heavy atom. The van der Waals surface area contributed by atoms with Gasteiger partial charge in [-0.15, -0.1) is 0 Å². The van der Waals surface area contributed by atoms with Gasteiger partial charge in [-0.05, 0) is 47.9 Å². The van der Waals surface area contributed by atoms with Crippen molar-refractivity contribution in [3.63, 3.8) is 0 Å². The van der Waals surface area contributed by atoms with Crippen LogP contribution in [0, 0.1) is 6.92 Å². The first-order valence-corrected chi connectivity index (χ1v) is 11.7. The summed E-state index contributed by atoms with van der Waals surface area (Å²) in [4.78, 5) is 31.6. The number of fused-ring (bicyclic) bond motifs is 1. The van der Waals surface area contributed by atoms with E-state index in [1.165, 1.54) is 5.56 Å². The Morgan fingerprint density at radius 3 is 2.29 bits per heavy atom. The molecule has 174 valence electrons. The van der Waals surface area contributed by atoms with Crippen molar-refractivity contribution in [1.82, 2.24) is 9.80 Å². The first-order chi connectivity index (χ1) is 16.6. The van der Waals surface area contributed by atoms with Gasteiger partial charge in [-0.1, -0.05) is 48.5 Å². The molecule has 6 nitrogen and oxygen atoms in total. The van der Waals surface area contributed by atoms with Gasteiger partial charge >= 0.3 is 0 Å². The molecule has 0 atom stereocenters. The zero-order valence-corrected chi connectivity index (χ0v) is 19.4. The maximum atomic E-state index is 13.0. The van der Waals surface area contributed by atoms with Crippen LogP contribution >= 0.6 is 0 Å². The number of ether oxygens (including phenoxy) is 1. The van der Waals surface area contributed by atoms with Gasteiger partial charge in [-0.2, -0.15) is 0 Å². The van der Waals surface area contributed by atoms with Crippen LogP contribution in [0.3, 0.4) is 0 Å². The Labute approximate surface area is 200 Å². The third-order valence-electron chi connectivity index (χ3n) is 6.51. The highest BCUT2D eigenvalue weighted by Gasteiger charge is 2.26. The summed E-state index contributed by atoms with van der Waals surface area (Å²) in [7, 11) is 0. The molecule has 0 bridgehead atoms. The van der Waals surface area contributed by atoms with E-state index in [9.17, 15) is 9.59 Å². The zero-order valence-electron chi connectivity index (χ0n) is 19.4. The molecule has 0 N–H and O–H groups in total. The lowest BCUT2D eigenvalue weighted by Crippen LogP contribution is -2.48. The molecule has 1 saturated heterocycles. The van der Waals surface area contributed by atoms with Crippen molar-refractivity contribution in [3.8, 4) is 5.75 Å². The monoisotopic (exact) mass is 455 g/mol. The van der Waals surface area contributed by atoms with Gasteiger partial charge in [0, 0.05) is 38.3 Å². The minimum Gasteiger partial charge on any atom is -0.482 e. The van der Waals surface area contributed by atoms with Gasteiger partial charge in [0.05, 0.1) is 12.2 Å². The fourth-order valence-corrected chi connectivity index (χ4v) is 4.55. The number of hydrogen-bond acceptors (Lipinski definition) is 4. The number of rotatable bonds is 5. The van der Waals surface area contributed by atoms with E-state index in [1.54, 1.807) is 4.90 Å². The number of piperazine rings is 1. The van der Waals surface area contributed by atoms with E-state index in [2.05, 4.69) is 29.2 Å². The molecule has 5 rings (SSSR count). The number of anilines is 1. The van der Waals surface area contributed by atoms with Crippen molar-refractivity contribution in [2.45, 2.75) is 20.0 Å². The second-order valence-electron chi connectivity index (χ2n) is 8.99. The third kappa shape index (κ3) is 4.82. The molecule has 2 amide bonds. The van der Waals surface area contributed by atoms with Crippen LogP contribution in [0.15, 0.2) is 72.8 Å². The summed E-state index contributed by atoms with van der Waals surface area (Å²) in [6.45, 7) is 6.61. The average Bonchev–Trinajstić information content (AvgIpc) is 2.87. The van der Waals surface area contributed by atoms with Crippen LogP contribution in [-0.4, -0.2) is 54.4 Å². The number of hydrogen-bond donors (Lipinski definition) is 0. The highest BCUT2D eigenvalue weighted by molar-refractivity contribution is 5.98. The van der Waals surface area contributed by atoms with E-state index >= 15 is 0 Å². The molecule has 2 aliphatic rings. The van der Waals surface area contributed by atoms with E-state index in [4.69, 9.17) is 4.74 Å². The lowest BCUT2D eigenvalue weighted by Gasteiger charge is -2.35. The number of amides is 2. The fraction of sp³-hybridized carbons (Fsp3) is 0.286. The van der Waals surface area contributed by atoms with Crippen LogP contribution in [0.25, 0.3) is 0 Å². The van der Waals surface area contributed by atoms with Gasteiger partial charge in [-0.25, -0.2) is 0 Å². The Kier molecular flexibility index (Phi) is 6.32. The van der Waals surface area contributed by atoms with Crippen LogP contribution in [0.1, 0.15) is 27.0 Å². The lowest BCUT2D eigenvalue weighted by atomic mass is 10.1. The fourth-order valence-electron chi connectivity index (χ4n) is 4.55. The van der Waals surface area contributed by atoms with E-state index in [-0.39, 0.29) is 18.4 Å². The van der Waals surface area contributed by atoms with Gasteiger partial charge < -0.3 is 14.5 Å². The van der Waals surface area contributed by atoms with E-state index in [0.717, 1.165) is 55.3 Å². The predicted molar refractivity (Wildman–Crippen MR) is 132 cm³/mol. The predicted octanol–water partition coefficient (Wildman–Crippen LogP) is 3.88. The first kappa shape index (κ1) is 22.2. The molecule has 0 radical (unpaired) electrons. The summed E-state index contributed by atoms with van der Waals surface area (Å²) in [5.41, 5.74) is 4.84. The molecule has 3 aromatic rings. The largest absolute Gasteiger partial charge is 0.482 e. The summed E-state index contributed by atoms with van der Waals surface area (Å²) >= 11 is 0. The van der Waals surface area contributed by atoms with E-state index < -0.39 is 0 Å². The van der Waals surface area contributed by atoms with Crippen molar-refractivity contribution < 1.29 is 14.3 Å². The SMILES string of the molecule is Cc1ccc2c(c1)OCC(=O)N2Cc1ccc(C(=O)N2CCN(Cc3ccccc3)CC2)cc1. The van der Waals surface area contributed by atoms with Crippen molar-refractivity contribution in [2.24, 2.45) is 0 Å². The number of carbonyl (C=O) groups is 2. The smallest absolute Gasteiger partial charge is 0.265 e. The van der Waals surface area contributed by atoms with Crippen molar-refractivity contribution in [3.05, 3.63) is 95.1 Å². The van der Waals surface area contributed by atoms with Crippen LogP contribution in [0.4, 0.5) is 5.69 Å². The minimum atomic E-state index is -0.0649. The van der Waals surface area contributed by atoms with Crippen LogP contribution in [-0.2, 0) is 17.9 Å². The van der Waals surface area contributed by atoms with Crippen molar-refractivity contribution in [1.29, 1.82) is 0 Å². The number of aryl methyl sites for hydroxylation is 1. The van der Waals surface area contributed by atoms with Gasteiger partial charge in [0.2, 0.25) is 0 Å². The average molecular weight is 456 g/mol. The number of benzene rings is 3. The third-order valence-corrected chi connectivity index (χ3v) is 6.51. The van der Waals surface area contributed by atoms with Crippen molar-refractivity contribution in [2.75, 3.05) is 37.7 Å². The van der Waals surface area contributed by atoms with E-state index in [0.29, 0.717) is 12.1 Å². The molecule has 0 spiro atoms. The Balaban J connectivity index is 1.19. The molecule has 34 heavy (non-hydrogen) atoms. The van der Waals surface area contributed by atoms with Crippen LogP contribution in [0.5, 0.6) is 5.75 Å². The van der Waals surface area contributed by atoms with Crippen molar-refractivity contribution >= 4 is 17.5 Å². The summed E-state index contributed by atoms with van der Waals surface area (Å²) in [5.74, 6) is 0.733. The first-order valence-electron chi connectivity index (χ1n) is 11.7. The second-order valence-corrected chi connectivity index (χ2v) is 8.99. The minimum absolute atomic E-state index is 0.0449. The number of nitrogens with zero attached hydrogens (tertiary/aromatic N) is 3. The summed E-state index contributed by atoms with van der Waals surface area (Å²) in [6.07, 6.45) is 0. The van der Waals surface area contributed by atoms with Gasteiger partial charge in [-0.3, -0.25) is 14.5 Å². The van der Waals surface area contributed by atoms with Crippen LogP contribution in [0.2, 0.25) is 0 Å². The van der Waals surface area contributed by atoms with Gasteiger partial charge in [0.1, 0.15) is 5.75 Å². The Hall–Kier alpha value is -3.64. The summed E-state index contributed by atoms with van der Waals surface area (Å²) in [5, 5.41) is 0. The highest BCUT2D eigenvalue weighted by Crippen LogP contribution is 2.33. The maximum absolute atomic E-state index is 13.0. The molecule has 1 fully saturated rings. The lowest BCUT2D eigenvalue weighted by molar-refractivity contribution is -0.121. The summed E-state index contributed by atoms with van der Waals surface area (Å²) in [6, 6.07) is 23.9. The Bertz CT molecular complexity index is 1170. The molecule has 0 aromatic heterocycles. The number of carbonyl (C=O) groups excluding carboxylic acids is 2. The molecule has 2 heterocycles. The molecule has 0 unspecified atom stereocenters. The normalized spacial score (nSPS) is 16.2. The van der Waals surface area contributed by atoms with Gasteiger partial charge in [0.15, 0.2) is 6.61 Å². The second kappa shape index (κ2) is 9.69. The standard InChI is InChI=1S/C28H29N3O3/c1-21-7-12-25-26(17-21)34-20-27(32)31(25)19-23-8-10-24(11-9-23)28(33)30-15-13-29(14-16-30)18-22-5-3-2-4-6-22/h2-12,17H,13-16,18-20H2,1H3. The van der Waals surface area contributed by atoms with Gasteiger partial charge in [0.25, 0.3) is 11.8 Å². The van der Waals surface area contributed by atoms with E-state index in [1.807, 2.05) is 60.4 Å². The zero-order chi connectivity index (χ0) is 23.5. The molecular weight excluding hydrogens is 426 g/mol. The molecule has 2 aliphatic heterocycles. The van der Waals surface area contributed by atoms with Crippen LogP contribution < -0.4 is 9.64 Å². The highest BCUT2D eigenvalue weighted by atomic mass is 16.5. The maximum Gasteiger partial charge on any atom is 0.265 e. The topological polar surface area (TPSA) is 53.1 Å². The molecular formula is C28H29N3O3. The quantitative estimate of drug-likeness (QED) is 0.586. The summed E-state index contributed by atoms with van der Waals surface area (Å²) < 4.78 is 5.60. The molecule has 0 aliphatic carbocycles. The molecule has 6 heteroatoms. The molecule has 3 aromatic carbocycles. The Morgan fingerprint density at radius 2 is 1.56 bits per heavy atom. The molecule has 0 saturated carbocycles.